The number of ketones is 1. The third kappa shape index (κ3) is 2.27. The van der Waals surface area contributed by atoms with Gasteiger partial charge >= 0.3 is 0 Å². The van der Waals surface area contributed by atoms with Crippen LogP contribution < -0.4 is 0 Å². The topological polar surface area (TPSA) is 26.3 Å². The molecule has 0 radical (unpaired) electrons. The summed E-state index contributed by atoms with van der Waals surface area (Å²) in [5.41, 5.74) is 0.868. The Morgan fingerprint density at radius 3 is 2.57 bits per heavy atom. The lowest BCUT2D eigenvalue weighted by Crippen LogP contribution is -2.54. The van der Waals surface area contributed by atoms with Crippen molar-refractivity contribution in [2.75, 3.05) is 6.61 Å². The summed E-state index contributed by atoms with van der Waals surface area (Å²) in [5, 5.41) is 0. The quantitative estimate of drug-likeness (QED) is 0.716. The number of hydrogen-bond acceptors (Lipinski definition) is 2. The zero-order chi connectivity index (χ0) is 16.2. The Kier molecular flexibility index (Phi) is 3.91. The molecule has 4 aliphatic carbocycles. The molecule has 0 spiro atoms. The van der Waals surface area contributed by atoms with E-state index >= 15 is 0 Å². The molecule has 0 N–H and O–H groups in total. The average Bonchev–Trinajstić information content (AvgIpc) is 2.85. The first-order valence-corrected chi connectivity index (χ1v) is 10.1. The first-order chi connectivity index (χ1) is 11.0. The lowest BCUT2D eigenvalue weighted by atomic mass is 9.45. The second kappa shape index (κ2) is 5.58. The zero-order valence-corrected chi connectivity index (χ0v) is 15.3. The second-order valence-corrected chi connectivity index (χ2v) is 9.47. The maximum absolute atomic E-state index is 12.0. The van der Waals surface area contributed by atoms with Crippen LogP contribution in [0.4, 0.5) is 0 Å². The Morgan fingerprint density at radius 2 is 1.78 bits per heavy atom. The van der Waals surface area contributed by atoms with Gasteiger partial charge in [0.2, 0.25) is 0 Å². The van der Waals surface area contributed by atoms with Crippen molar-refractivity contribution in [3.63, 3.8) is 0 Å². The molecule has 0 saturated heterocycles. The first kappa shape index (κ1) is 16.1. The number of Topliss-reactive ketones (excluding diaryl/α,β-unsaturated/α-hetero) is 1. The van der Waals surface area contributed by atoms with Gasteiger partial charge in [-0.2, -0.15) is 0 Å². The maximum atomic E-state index is 12.0. The van der Waals surface area contributed by atoms with Crippen LogP contribution in [0.2, 0.25) is 0 Å². The highest BCUT2D eigenvalue weighted by Crippen LogP contribution is 2.66. The molecule has 0 aliphatic heterocycles. The monoisotopic (exact) mass is 318 g/mol. The van der Waals surface area contributed by atoms with E-state index in [1.54, 1.807) is 0 Å². The molecule has 7 atom stereocenters. The molecule has 0 amide bonds. The van der Waals surface area contributed by atoms with Gasteiger partial charge in [-0.15, -0.1) is 0 Å². The third-order valence-electron chi connectivity index (χ3n) is 8.76. The smallest absolute Gasteiger partial charge is 0.133 e. The van der Waals surface area contributed by atoms with Crippen LogP contribution in [-0.4, -0.2) is 18.5 Å². The lowest BCUT2D eigenvalue weighted by molar-refractivity contribution is -0.144. The minimum absolute atomic E-state index is 0.421. The SMILES string of the molecule is CCO[C@H]1CC[C@H]2[C@@H]3CC[C@H]4CC(=O)CC[C@]4(C)[C@H]3CC[C@]12C. The second-order valence-electron chi connectivity index (χ2n) is 9.47. The van der Waals surface area contributed by atoms with Crippen molar-refractivity contribution in [3.05, 3.63) is 0 Å². The van der Waals surface area contributed by atoms with Crippen molar-refractivity contribution in [3.8, 4) is 0 Å². The van der Waals surface area contributed by atoms with Gasteiger partial charge in [-0.3, -0.25) is 4.79 Å². The largest absolute Gasteiger partial charge is 0.378 e. The van der Waals surface area contributed by atoms with E-state index in [2.05, 4.69) is 20.8 Å². The number of ether oxygens (including phenoxy) is 1. The highest BCUT2D eigenvalue weighted by molar-refractivity contribution is 5.79. The van der Waals surface area contributed by atoms with E-state index in [9.17, 15) is 4.79 Å². The molecule has 2 nitrogen and oxygen atoms in total. The molecule has 0 heterocycles. The Labute approximate surface area is 141 Å². The van der Waals surface area contributed by atoms with Crippen LogP contribution in [0.5, 0.6) is 0 Å². The van der Waals surface area contributed by atoms with Gasteiger partial charge in [0.1, 0.15) is 5.78 Å². The van der Waals surface area contributed by atoms with E-state index in [1.807, 2.05) is 0 Å². The molecule has 4 aliphatic rings. The molecule has 4 rings (SSSR count). The molecular formula is C21H34O2. The summed E-state index contributed by atoms with van der Waals surface area (Å²) in [6.45, 7) is 8.08. The van der Waals surface area contributed by atoms with Gasteiger partial charge in [0, 0.05) is 19.4 Å². The van der Waals surface area contributed by atoms with E-state index in [0.29, 0.717) is 28.6 Å². The standard InChI is InChI=1S/C21H34O2/c1-4-23-19-8-7-17-16-6-5-14-13-15(22)9-11-20(14,2)18(16)10-12-21(17,19)3/h14,16-19H,4-13H2,1-3H3/t14-,16-,17-,18-,19-,20-,21-/m0/s1. The van der Waals surface area contributed by atoms with Crippen molar-refractivity contribution in [2.45, 2.75) is 84.7 Å². The summed E-state index contributed by atoms with van der Waals surface area (Å²) >= 11 is 0. The molecule has 0 aromatic rings. The van der Waals surface area contributed by atoms with Gasteiger partial charge in [-0.05, 0) is 86.4 Å². The summed E-state index contributed by atoms with van der Waals surface area (Å²) in [6, 6.07) is 0. The molecule has 4 saturated carbocycles. The predicted molar refractivity (Wildman–Crippen MR) is 92.1 cm³/mol. The fourth-order valence-electron chi connectivity index (χ4n) is 7.47. The lowest BCUT2D eigenvalue weighted by Gasteiger charge is -2.60. The van der Waals surface area contributed by atoms with Gasteiger partial charge < -0.3 is 4.74 Å². The average molecular weight is 319 g/mol. The van der Waals surface area contributed by atoms with Crippen LogP contribution in [-0.2, 0) is 9.53 Å². The number of rotatable bonds is 2. The van der Waals surface area contributed by atoms with Gasteiger partial charge in [-0.25, -0.2) is 0 Å². The molecule has 0 aromatic heterocycles. The predicted octanol–water partition coefficient (Wildman–Crippen LogP) is 5.00. The van der Waals surface area contributed by atoms with E-state index in [1.165, 1.54) is 38.5 Å². The summed E-state index contributed by atoms with van der Waals surface area (Å²) in [6.07, 6.45) is 11.4. The highest BCUT2D eigenvalue weighted by atomic mass is 16.5. The fraction of sp³-hybridized carbons (Fsp3) is 0.952. The van der Waals surface area contributed by atoms with Gasteiger partial charge in [0.05, 0.1) is 6.10 Å². The normalized spacial score (nSPS) is 52.7. The van der Waals surface area contributed by atoms with Crippen LogP contribution in [0.1, 0.15) is 78.6 Å². The highest BCUT2D eigenvalue weighted by Gasteiger charge is 2.60. The van der Waals surface area contributed by atoms with Crippen LogP contribution in [0.15, 0.2) is 0 Å². The van der Waals surface area contributed by atoms with E-state index < -0.39 is 0 Å². The number of carbonyl (C=O) groups is 1. The molecule has 2 heteroatoms. The molecule has 0 bridgehead atoms. The Hall–Kier alpha value is -0.370. The van der Waals surface area contributed by atoms with E-state index in [-0.39, 0.29) is 0 Å². The maximum Gasteiger partial charge on any atom is 0.133 e. The Morgan fingerprint density at radius 1 is 1.00 bits per heavy atom. The summed E-state index contributed by atoms with van der Waals surface area (Å²) < 4.78 is 6.16. The van der Waals surface area contributed by atoms with Crippen LogP contribution in [0, 0.1) is 34.5 Å². The van der Waals surface area contributed by atoms with Crippen molar-refractivity contribution in [2.24, 2.45) is 34.5 Å². The number of fused-ring (bicyclic) bond motifs is 5. The van der Waals surface area contributed by atoms with E-state index in [4.69, 9.17) is 4.74 Å². The molecular weight excluding hydrogens is 284 g/mol. The molecule has 4 fully saturated rings. The molecule has 130 valence electrons. The van der Waals surface area contributed by atoms with Gasteiger partial charge in [-0.1, -0.05) is 13.8 Å². The zero-order valence-electron chi connectivity index (χ0n) is 15.3. The van der Waals surface area contributed by atoms with Crippen LogP contribution in [0.25, 0.3) is 0 Å². The summed E-state index contributed by atoms with van der Waals surface area (Å²) in [7, 11) is 0. The first-order valence-electron chi connectivity index (χ1n) is 10.1. The van der Waals surface area contributed by atoms with Crippen molar-refractivity contribution in [1.29, 1.82) is 0 Å². The fourth-order valence-corrected chi connectivity index (χ4v) is 7.47. The van der Waals surface area contributed by atoms with Crippen molar-refractivity contribution in [1.82, 2.24) is 0 Å². The van der Waals surface area contributed by atoms with Gasteiger partial charge in [0.15, 0.2) is 0 Å². The van der Waals surface area contributed by atoms with E-state index in [0.717, 1.165) is 43.6 Å². The van der Waals surface area contributed by atoms with Crippen LogP contribution in [0.3, 0.4) is 0 Å². The molecule has 23 heavy (non-hydrogen) atoms. The third-order valence-corrected chi connectivity index (χ3v) is 8.76. The minimum Gasteiger partial charge on any atom is -0.378 e. The summed E-state index contributed by atoms with van der Waals surface area (Å²) in [5.74, 6) is 3.84. The van der Waals surface area contributed by atoms with Crippen molar-refractivity contribution < 1.29 is 9.53 Å². The Balaban J connectivity index is 1.59. The number of carbonyl (C=O) groups excluding carboxylic acids is 1. The van der Waals surface area contributed by atoms with Crippen molar-refractivity contribution >= 4 is 5.78 Å². The number of hydrogen-bond donors (Lipinski definition) is 0. The Bertz CT molecular complexity index is 486. The van der Waals surface area contributed by atoms with Crippen LogP contribution >= 0.6 is 0 Å². The molecule has 0 unspecified atom stereocenters. The molecule has 0 aromatic carbocycles. The minimum atomic E-state index is 0.421. The van der Waals surface area contributed by atoms with Gasteiger partial charge in [0.25, 0.3) is 0 Å². The summed E-state index contributed by atoms with van der Waals surface area (Å²) in [4.78, 5) is 12.0.